The minimum atomic E-state index is -0.815. The number of nitrogens with one attached hydrogen (secondary N) is 1. The van der Waals surface area contributed by atoms with Crippen molar-refractivity contribution < 1.29 is 13.9 Å². The molecule has 0 aliphatic rings. The van der Waals surface area contributed by atoms with Crippen molar-refractivity contribution in [3.8, 4) is 22.7 Å². The first-order chi connectivity index (χ1) is 13.3. The Hall–Kier alpha value is -4.01. The number of hydrogen-bond acceptors (Lipinski definition) is 6. The number of aromatic amines is 1. The number of aromatic nitrogens is 3. The number of aromatic hydroxyl groups is 1. The van der Waals surface area contributed by atoms with Gasteiger partial charge in [0.25, 0.3) is 5.56 Å². The van der Waals surface area contributed by atoms with E-state index in [-0.39, 0.29) is 39.5 Å². The quantitative estimate of drug-likeness (QED) is 0.547. The molecule has 3 aromatic heterocycles. The Balaban J connectivity index is 2.08. The second kappa shape index (κ2) is 6.31. The molecule has 0 radical (unpaired) electrons. The highest BCUT2D eigenvalue weighted by Crippen LogP contribution is 2.26. The van der Waals surface area contributed by atoms with Crippen LogP contribution < -0.4 is 16.9 Å². The summed E-state index contributed by atoms with van der Waals surface area (Å²) in [5.41, 5.74) is -2.25. The van der Waals surface area contributed by atoms with Crippen molar-refractivity contribution in [1.29, 1.82) is 0 Å². The third-order valence-electron chi connectivity index (χ3n) is 4.15. The molecule has 4 aromatic rings. The molecule has 4 rings (SSSR count). The average molecular weight is 381 g/mol. The lowest BCUT2D eigenvalue weighted by atomic mass is 10.1. The smallest absolute Gasteiger partial charge is 0.349 e. The van der Waals surface area contributed by atoms with Crippen molar-refractivity contribution in [1.82, 2.24) is 14.5 Å². The van der Waals surface area contributed by atoms with Gasteiger partial charge in [-0.25, -0.2) is 23.5 Å². The van der Waals surface area contributed by atoms with Crippen LogP contribution in [-0.2, 0) is 0 Å². The molecule has 0 saturated heterocycles. The van der Waals surface area contributed by atoms with Crippen LogP contribution in [-0.4, -0.2) is 19.6 Å². The summed E-state index contributed by atoms with van der Waals surface area (Å²) in [6.07, 6.45) is 0. The van der Waals surface area contributed by atoms with Crippen LogP contribution in [0.1, 0.15) is 5.76 Å². The molecule has 0 aliphatic carbocycles. The van der Waals surface area contributed by atoms with E-state index < -0.39 is 22.7 Å². The van der Waals surface area contributed by atoms with Crippen LogP contribution in [0.3, 0.4) is 0 Å². The SMILES string of the molecule is Cc1cc(O)c(-c2ccc3c(=O)[nH]c(=O)n(-c4ccc(F)cc4)c3n2)c(=O)o1. The summed E-state index contributed by atoms with van der Waals surface area (Å²) in [6.45, 7) is 1.50. The molecule has 3 heterocycles. The maximum atomic E-state index is 13.3. The maximum Gasteiger partial charge on any atom is 0.349 e. The zero-order chi connectivity index (χ0) is 20.0. The molecular formula is C19H12FN3O5. The van der Waals surface area contributed by atoms with E-state index in [1.165, 1.54) is 37.3 Å². The lowest BCUT2D eigenvalue weighted by Crippen LogP contribution is -2.30. The van der Waals surface area contributed by atoms with Gasteiger partial charge in [-0.3, -0.25) is 9.78 Å². The monoisotopic (exact) mass is 381 g/mol. The molecule has 0 fully saturated rings. The number of nitrogens with zero attached hydrogens (tertiary/aromatic N) is 2. The maximum absolute atomic E-state index is 13.3. The van der Waals surface area contributed by atoms with Crippen molar-refractivity contribution in [2.24, 2.45) is 0 Å². The van der Waals surface area contributed by atoms with Gasteiger partial charge in [0.1, 0.15) is 22.9 Å². The van der Waals surface area contributed by atoms with Gasteiger partial charge in [-0.15, -0.1) is 0 Å². The topological polar surface area (TPSA) is 118 Å². The lowest BCUT2D eigenvalue weighted by Gasteiger charge is -2.10. The summed E-state index contributed by atoms with van der Waals surface area (Å²) in [5.74, 6) is -0.630. The predicted molar refractivity (Wildman–Crippen MR) is 98.3 cm³/mol. The number of fused-ring (bicyclic) bond motifs is 1. The van der Waals surface area contributed by atoms with E-state index in [4.69, 9.17) is 4.42 Å². The summed E-state index contributed by atoms with van der Waals surface area (Å²) in [5, 5.41) is 10.2. The first-order valence-corrected chi connectivity index (χ1v) is 8.11. The standard InChI is InChI=1S/C19H12FN3O5/c1-9-8-14(24)15(18(26)28-9)13-7-6-12-16(21-13)23(19(27)22-17(12)25)11-4-2-10(20)3-5-11/h2-8,24H,1H3,(H,22,25,27). The average Bonchev–Trinajstić information content (AvgIpc) is 2.62. The summed E-state index contributed by atoms with van der Waals surface area (Å²) in [7, 11) is 0. The second-order valence-corrected chi connectivity index (χ2v) is 6.04. The Morgan fingerprint density at radius 1 is 1.11 bits per heavy atom. The van der Waals surface area contributed by atoms with Gasteiger partial charge in [-0.2, -0.15) is 0 Å². The Bertz CT molecular complexity index is 1400. The number of benzene rings is 1. The molecule has 0 aliphatic heterocycles. The minimum Gasteiger partial charge on any atom is -0.507 e. The zero-order valence-electron chi connectivity index (χ0n) is 14.4. The van der Waals surface area contributed by atoms with Crippen molar-refractivity contribution >= 4 is 11.0 Å². The zero-order valence-corrected chi connectivity index (χ0v) is 14.4. The second-order valence-electron chi connectivity index (χ2n) is 6.04. The molecule has 8 nitrogen and oxygen atoms in total. The Morgan fingerprint density at radius 2 is 1.82 bits per heavy atom. The fraction of sp³-hybridized carbons (Fsp3) is 0.0526. The fourth-order valence-electron chi connectivity index (χ4n) is 2.91. The molecule has 2 N–H and O–H groups in total. The van der Waals surface area contributed by atoms with Crippen molar-refractivity contribution in [3.05, 3.63) is 85.3 Å². The molecule has 140 valence electrons. The van der Waals surface area contributed by atoms with E-state index in [1.807, 2.05) is 0 Å². The molecule has 0 unspecified atom stereocenters. The Kier molecular flexibility index (Phi) is 3.92. The molecule has 0 spiro atoms. The molecule has 9 heteroatoms. The minimum absolute atomic E-state index is 0.0135. The largest absolute Gasteiger partial charge is 0.507 e. The summed E-state index contributed by atoms with van der Waals surface area (Å²) in [6, 6.07) is 8.99. The van der Waals surface area contributed by atoms with E-state index in [0.717, 1.165) is 16.7 Å². The van der Waals surface area contributed by atoms with E-state index in [0.29, 0.717) is 0 Å². The van der Waals surface area contributed by atoms with Gasteiger partial charge in [0.05, 0.1) is 16.8 Å². The van der Waals surface area contributed by atoms with Crippen LogP contribution in [0.2, 0.25) is 0 Å². The molecule has 0 atom stereocenters. The third-order valence-corrected chi connectivity index (χ3v) is 4.15. The van der Waals surface area contributed by atoms with Crippen molar-refractivity contribution in [2.75, 3.05) is 0 Å². The van der Waals surface area contributed by atoms with Crippen LogP contribution in [0, 0.1) is 12.7 Å². The van der Waals surface area contributed by atoms with Crippen LogP contribution in [0.15, 0.2) is 61.3 Å². The highest BCUT2D eigenvalue weighted by molar-refractivity contribution is 5.80. The van der Waals surface area contributed by atoms with Gasteiger partial charge in [0.15, 0.2) is 5.65 Å². The fourth-order valence-corrected chi connectivity index (χ4v) is 2.91. The summed E-state index contributed by atoms with van der Waals surface area (Å²) >= 11 is 0. The molecule has 0 bridgehead atoms. The van der Waals surface area contributed by atoms with Gasteiger partial charge in [0, 0.05) is 6.07 Å². The van der Waals surface area contributed by atoms with Crippen LogP contribution >= 0.6 is 0 Å². The summed E-state index contributed by atoms with van der Waals surface area (Å²) < 4.78 is 19.3. The van der Waals surface area contributed by atoms with Gasteiger partial charge in [-0.05, 0) is 43.3 Å². The molecule has 0 amide bonds. The number of rotatable bonds is 2. The molecule has 0 saturated carbocycles. The predicted octanol–water partition coefficient (Wildman–Crippen LogP) is 1.85. The van der Waals surface area contributed by atoms with Crippen molar-refractivity contribution in [2.45, 2.75) is 6.92 Å². The number of hydrogen-bond donors (Lipinski definition) is 2. The lowest BCUT2D eigenvalue weighted by molar-refractivity contribution is 0.438. The number of pyridine rings is 1. The van der Waals surface area contributed by atoms with Gasteiger partial charge >= 0.3 is 11.3 Å². The van der Waals surface area contributed by atoms with E-state index in [9.17, 15) is 23.9 Å². The Morgan fingerprint density at radius 3 is 2.50 bits per heavy atom. The Labute approximate surface area is 155 Å². The van der Waals surface area contributed by atoms with Gasteiger partial charge in [-0.1, -0.05) is 0 Å². The molecule has 28 heavy (non-hydrogen) atoms. The molecular weight excluding hydrogens is 369 g/mol. The molecule has 1 aromatic carbocycles. The van der Waals surface area contributed by atoms with E-state index >= 15 is 0 Å². The normalized spacial score (nSPS) is 11.1. The van der Waals surface area contributed by atoms with Gasteiger partial charge in [0.2, 0.25) is 0 Å². The summed E-state index contributed by atoms with van der Waals surface area (Å²) in [4.78, 5) is 43.2. The van der Waals surface area contributed by atoms with E-state index in [1.54, 1.807) is 0 Å². The van der Waals surface area contributed by atoms with Crippen LogP contribution in [0.25, 0.3) is 28.0 Å². The first-order valence-electron chi connectivity index (χ1n) is 8.11. The van der Waals surface area contributed by atoms with Crippen molar-refractivity contribution in [3.63, 3.8) is 0 Å². The number of aryl methyl sites for hydroxylation is 1. The van der Waals surface area contributed by atoms with Gasteiger partial charge < -0.3 is 9.52 Å². The number of halogens is 1. The third kappa shape index (κ3) is 2.78. The number of H-pyrrole nitrogens is 1. The first kappa shape index (κ1) is 17.4. The van der Waals surface area contributed by atoms with Crippen LogP contribution in [0.5, 0.6) is 5.75 Å². The highest BCUT2D eigenvalue weighted by atomic mass is 19.1. The van der Waals surface area contributed by atoms with Crippen LogP contribution in [0.4, 0.5) is 4.39 Å². The highest BCUT2D eigenvalue weighted by Gasteiger charge is 2.17. The van der Waals surface area contributed by atoms with E-state index in [2.05, 4.69) is 9.97 Å².